The fourth-order valence-electron chi connectivity index (χ4n) is 3.44. The van der Waals surface area contributed by atoms with Crippen LogP contribution in [0.15, 0.2) is 71.0 Å². The number of ether oxygens (including phenoxy) is 2. The van der Waals surface area contributed by atoms with Crippen LogP contribution in [-0.4, -0.2) is 16.3 Å². The molecule has 4 aromatic rings. The van der Waals surface area contributed by atoms with Crippen molar-refractivity contribution < 1.29 is 14.4 Å². The predicted octanol–water partition coefficient (Wildman–Crippen LogP) is 6.44. The lowest BCUT2D eigenvalue weighted by Crippen LogP contribution is -2.16. The molecule has 0 atom stereocenters. The number of aromatic nitrogens is 1. The second kappa shape index (κ2) is 8.90. The fraction of sp³-hybridized carbons (Fsp3) is 0.0870. The van der Waals surface area contributed by atoms with E-state index in [1.54, 1.807) is 30.3 Å². The van der Waals surface area contributed by atoms with E-state index < -0.39 is 4.92 Å². The quantitative estimate of drug-likeness (QED) is 0.233. The number of halogens is 2. The highest BCUT2D eigenvalue weighted by atomic mass is 35.5. The molecule has 0 saturated carbocycles. The first-order chi connectivity index (χ1) is 16.0. The average molecular weight is 500 g/mol. The van der Waals surface area contributed by atoms with Gasteiger partial charge in [0.25, 0.3) is 5.69 Å². The molecule has 0 amide bonds. The lowest BCUT2D eigenvalue weighted by atomic mass is 10.1. The number of hydrogen-bond donors (Lipinski definition) is 0. The minimum absolute atomic E-state index is 0.0389. The van der Waals surface area contributed by atoms with E-state index in [1.807, 2.05) is 28.1 Å². The van der Waals surface area contributed by atoms with Crippen molar-refractivity contribution in [3.63, 3.8) is 0 Å². The Balaban J connectivity index is 1.61. The molecule has 0 saturated heterocycles. The van der Waals surface area contributed by atoms with Gasteiger partial charge in [0.15, 0.2) is 16.3 Å². The molecule has 0 unspecified atom stereocenters. The Morgan fingerprint density at radius 2 is 1.79 bits per heavy atom. The van der Waals surface area contributed by atoms with Crippen LogP contribution >= 0.6 is 34.5 Å². The Bertz CT molecular complexity index is 1430. The number of rotatable bonds is 5. The van der Waals surface area contributed by atoms with E-state index in [0.717, 1.165) is 21.6 Å². The SMILES string of the molecule is O=[N+]([O-])c1ccc(-c2csc(=Nc3ccc(Cl)c(Cl)c3)n2Cc2ccc3c(c2)OCO3)cc1. The third-order valence-electron chi connectivity index (χ3n) is 5.08. The van der Waals surface area contributed by atoms with Crippen LogP contribution in [0, 0.1) is 10.1 Å². The molecule has 0 fully saturated rings. The first kappa shape index (κ1) is 21.5. The lowest BCUT2D eigenvalue weighted by Gasteiger charge is -2.10. The van der Waals surface area contributed by atoms with Gasteiger partial charge in [-0.15, -0.1) is 11.3 Å². The van der Waals surface area contributed by atoms with Crippen LogP contribution in [-0.2, 0) is 6.54 Å². The lowest BCUT2D eigenvalue weighted by molar-refractivity contribution is -0.384. The molecule has 0 spiro atoms. The van der Waals surface area contributed by atoms with Gasteiger partial charge in [0, 0.05) is 17.5 Å². The summed E-state index contributed by atoms with van der Waals surface area (Å²) in [5.41, 5.74) is 3.42. The molecule has 0 N–H and O–H groups in total. The third-order valence-corrected chi connectivity index (χ3v) is 6.68. The first-order valence-electron chi connectivity index (χ1n) is 9.79. The Kier molecular flexibility index (Phi) is 5.80. The molecule has 0 bridgehead atoms. The Morgan fingerprint density at radius 3 is 2.55 bits per heavy atom. The molecular formula is C23H15Cl2N3O4S. The Morgan fingerprint density at radius 1 is 1.00 bits per heavy atom. The maximum absolute atomic E-state index is 11.1. The van der Waals surface area contributed by atoms with Gasteiger partial charge in [-0.05, 0) is 53.6 Å². The van der Waals surface area contributed by atoms with Gasteiger partial charge in [0.05, 0.1) is 32.9 Å². The molecule has 1 aliphatic rings. The van der Waals surface area contributed by atoms with E-state index in [9.17, 15) is 10.1 Å². The Labute approximate surface area is 202 Å². The Hall–Kier alpha value is -3.33. The van der Waals surface area contributed by atoms with Crippen molar-refractivity contribution in [3.8, 4) is 22.8 Å². The average Bonchev–Trinajstić information content (AvgIpc) is 3.43. The van der Waals surface area contributed by atoms with Crippen LogP contribution in [0.1, 0.15) is 5.56 Å². The van der Waals surface area contributed by atoms with E-state index in [0.29, 0.717) is 33.8 Å². The summed E-state index contributed by atoms with van der Waals surface area (Å²) in [6, 6.07) is 17.5. The highest BCUT2D eigenvalue weighted by Crippen LogP contribution is 2.33. The zero-order valence-electron chi connectivity index (χ0n) is 16.9. The molecule has 3 aromatic carbocycles. The molecule has 10 heteroatoms. The van der Waals surface area contributed by atoms with Crippen molar-refractivity contribution >= 4 is 45.9 Å². The van der Waals surface area contributed by atoms with Crippen molar-refractivity contribution in [1.82, 2.24) is 4.57 Å². The van der Waals surface area contributed by atoms with Crippen LogP contribution in [0.4, 0.5) is 11.4 Å². The summed E-state index contributed by atoms with van der Waals surface area (Å²) >= 11 is 13.7. The molecule has 33 heavy (non-hydrogen) atoms. The zero-order valence-corrected chi connectivity index (χ0v) is 19.2. The number of hydrogen-bond acceptors (Lipinski definition) is 6. The standard InChI is InChI=1S/C23H15Cl2N3O4S/c24-18-7-4-16(10-19(18)25)26-23-27(11-14-1-8-21-22(9-14)32-13-31-21)20(12-33-23)15-2-5-17(6-3-15)28(29)30/h1-10,12H,11,13H2. The van der Waals surface area contributed by atoms with Crippen molar-refractivity contribution in [2.75, 3.05) is 6.79 Å². The number of benzene rings is 3. The first-order valence-corrected chi connectivity index (χ1v) is 11.4. The van der Waals surface area contributed by atoms with Crippen LogP contribution in [0.5, 0.6) is 11.5 Å². The number of nitrogens with zero attached hydrogens (tertiary/aromatic N) is 3. The van der Waals surface area contributed by atoms with Crippen LogP contribution < -0.4 is 14.3 Å². The molecule has 0 aliphatic carbocycles. The summed E-state index contributed by atoms with van der Waals surface area (Å²) in [4.78, 5) is 16.2. The van der Waals surface area contributed by atoms with E-state index >= 15 is 0 Å². The second-order valence-electron chi connectivity index (χ2n) is 7.19. The van der Waals surface area contributed by atoms with E-state index in [4.69, 9.17) is 37.7 Å². The van der Waals surface area contributed by atoms with E-state index in [-0.39, 0.29) is 12.5 Å². The third kappa shape index (κ3) is 4.45. The maximum atomic E-state index is 11.1. The zero-order chi connectivity index (χ0) is 22.9. The van der Waals surface area contributed by atoms with Crippen molar-refractivity contribution in [1.29, 1.82) is 0 Å². The molecule has 1 aliphatic heterocycles. The van der Waals surface area contributed by atoms with Gasteiger partial charge in [0.2, 0.25) is 6.79 Å². The van der Waals surface area contributed by atoms with Crippen molar-refractivity contribution in [2.24, 2.45) is 4.99 Å². The maximum Gasteiger partial charge on any atom is 0.269 e. The van der Waals surface area contributed by atoms with Crippen molar-refractivity contribution in [2.45, 2.75) is 6.54 Å². The second-order valence-corrected chi connectivity index (χ2v) is 8.84. The number of nitro benzene ring substituents is 1. The minimum Gasteiger partial charge on any atom is -0.454 e. The number of non-ortho nitro benzene ring substituents is 1. The monoisotopic (exact) mass is 499 g/mol. The molecule has 7 nitrogen and oxygen atoms in total. The summed E-state index contributed by atoms with van der Waals surface area (Å²) in [6.45, 7) is 0.711. The smallest absolute Gasteiger partial charge is 0.269 e. The molecule has 0 radical (unpaired) electrons. The topological polar surface area (TPSA) is 78.9 Å². The van der Waals surface area contributed by atoms with Gasteiger partial charge in [-0.3, -0.25) is 10.1 Å². The van der Waals surface area contributed by atoms with Gasteiger partial charge in [-0.2, -0.15) is 0 Å². The molecule has 2 heterocycles. The van der Waals surface area contributed by atoms with Crippen LogP contribution in [0.3, 0.4) is 0 Å². The summed E-state index contributed by atoms with van der Waals surface area (Å²) in [6.07, 6.45) is 0. The predicted molar refractivity (Wildman–Crippen MR) is 128 cm³/mol. The number of fused-ring (bicyclic) bond motifs is 1. The van der Waals surface area contributed by atoms with Crippen LogP contribution in [0.2, 0.25) is 10.0 Å². The van der Waals surface area contributed by atoms with Crippen molar-refractivity contribution in [3.05, 3.63) is 96.6 Å². The normalized spacial score (nSPS) is 12.8. The fourth-order valence-corrected chi connectivity index (χ4v) is 4.66. The summed E-state index contributed by atoms with van der Waals surface area (Å²) in [7, 11) is 0. The van der Waals surface area contributed by atoms with Gasteiger partial charge in [0.1, 0.15) is 0 Å². The van der Waals surface area contributed by atoms with E-state index in [1.165, 1.54) is 23.5 Å². The highest BCUT2D eigenvalue weighted by Gasteiger charge is 2.16. The largest absolute Gasteiger partial charge is 0.454 e. The summed E-state index contributed by atoms with van der Waals surface area (Å²) in [5.74, 6) is 1.41. The minimum atomic E-state index is -0.414. The van der Waals surface area contributed by atoms with Gasteiger partial charge in [-0.25, -0.2) is 4.99 Å². The number of thiazole rings is 1. The highest BCUT2D eigenvalue weighted by molar-refractivity contribution is 7.07. The number of nitro groups is 1. The summed E-state index contributed by atoms with van der Waals surface area (Å²) < 4.78 is 13.0. The molecular weight excluding hydrogens is 485 g/mol. The molecule has 166 valence electrons. The molecule has 1 aromatic heterocycles. The van der Waals surface area contributed by atoms with Crippen LogP contribution in [0.25, 0.3) is 11.3 Å². The molecule has 5 rings (SSSR count). The van der Waals surface area contributed by atoms with E-state index in [2.05, 4.69) is 0 Å². The van der Waals surface area contributed by atoms with Gasteiger partial charge in [-0.1, -0.05) is 29.3 Å². The van der Waals surface area contributed by atoms with Gasteiger partial charge < -0.3 is 14.0 Å². The summed E-state index contributed by atoms with van der Waals surface area (Å²) in [5, 5.41) is 13.9. The van der Waals surface area contributed by atoms with Gasteiger partial charge >= 0.3 is 0 Å².